The lowest BCUT2D eigenvalue weighted by Crippen LogP contribution is -1.80. The number of hydrogen-bond acceptors (Lipinski definition) is 1. The van der Waals surface area contributed by atoms with Crippen LogP contribution >= 0.6 is 21.7 Å². The van der Waals surface area contributed by atoms with Crippen molar-refractivity contribution in [1.29, 1.82) is 0 Å². The van der Waals surface area contributed by atoms with E-state index >= 15 is 0 Å². The van der Waals surface area contributed by atoms with Crippen molar-refractivity contribution in [3.8, 4) is 0 Å². The molecule has 0 spiro atoms. The molecule has 2 aromatic rings. The minimum absolute atomic E-state index is 1.17. The lowest BCUT2D eigenvalue weighted by Gasteiger charge is -2.05. The molecule has 0 unspecified atom stereocenters. The van der Waals surface area contributed by atoms with Gasteiger partial charge in [-0.2, -0.15) is 0 Å². The summed E-state index contributed by atoms with van der Waals surface area (Å²) in [5.41, 5.74) is 1.23. The zero-order chi connectivity index (χ0) is 9.26. The van der Waals surface area contributed by atoms with Crippen LogP contribution in [0, 0.1) is 6.92 Å². The Balaban J connectivity index is 2.84. The summed E-state index contributed by atoms with van der Waals surface area (Å²) in [7, 11) is 7.12. The van der Waals surface area contributed by atoms with Crippen LogP contribution in [0.2, 0.25) is 0 Å². The van der Waals surface area contributed by atoms with E-state index in [2.05, 4.69) is 31.2 Å². The number of fused-ring (bicyclic) bond motifs is 1. The maximum atomic E-state index is 5.83. The van der Waals surface area contributed by atoms with Crippen molar-refractivity contribution in [1.82, 2.24) is 0 Å². The van der Waals surface area contributed by atoms with Gasteiger partial charge in [0.1, 0.15) is 0 Å². The Kier molecular flexibility index (Phi) is 2.47. The van der Waals surface area contributed by atoms with Crippen molar-refractivity contribution in [3.63, 3.8) is 0 Å². The molecule has 2 aromatic carbocycles. The second-order valence-corrected chi connectivity index (χ2v) is 4.04. The van der Waals surface area contributed by atoms with E-state index in [1.165, 1.54) is 32.2 Å². The van der Waals surface area contributed by atoms with Crippen LogP contribution in [0.15, 0.2) is 41.3 Å². The molecule has 0 aliphatic rings. The highest BCUT2D eigenvalue weighted by Gasteiger charge is 2.02. The van der Waals surface area contributed by atoms with Gasteiger partial charge in [0.05, 0.1) is 0 Å². The van der Waals surface area contributed by atoms with Gasteiger partial charge in [0, 0.05) is 4.90 Å². The molecule has 0 N–H and O–H groups in total. The molecule has 0 aliphatic heterocycles. The average molecular weight is 209 g/mol. The molecule has 0 atom stereocenters. The third-order valence-electron chi connectivity index (χ3n) is 2.15. The highest BCUT2D eigenvalue weighted by molar-refractivity contribution is 8.21. The number of halogens is 1. The first-order valence-corrected chi connectivity index (χ1v) is 5.74. The summed E-state index contributed by atoms with van der Waals surface area (Å²) in [6, 6.07) is 12.5. The Hall–Kier alpha value is -0.660. The fraction of sp³-hybridized carbons (Fsp3) is 0.0909. The highest BCUT2D eigenvalue weighted by atomic mass is 35.7. The van der Waals surface area contributed by atoms with E-state index in [1.807, 2.05) is 12.1 Å². The van der Waals surface area contributed by atoms with Gasteiger partial charge in [-0.25, -0.2) is 0 Å². The van der Waals surface area contributed by atoms with Crippen LogP contribution in [-0.2, 0) is 0 Å². The molecule has 0 aromatic heterocycles. The van der Waals surface area contributed by atoms with Gasteiger partial charge in [0.25, 0.3) is 0 Å². The third kappa shape index (κ3) is 1.54. The molecule has 13 heavy (non-hydrogen) atoms. The number of aryl methyl sites for hydroxylation is 1. The smallest absolute Gasteiger partial charge is 0.0341 e. The summed E-state index contributed by atoms with van der Waals surface area (Å²) in [6.07, 6.45) is 0. The van der Waals surface area contributed by atoms with E-state index in [-0.39, 0.29) is 0 Å². The molecular formula is C11H9ClS. The molecular weight excluding hydrogens is 200 g/mol. The molecule has 66 valence electrons. The molecule has 0 amide bonds. The van der Waals surface area contributed by atoms with Crippen LogP contribution < -0.4 is 0 Å². The SMILES string of the molecule is Cc1ccc2ccccc2c1SCl. The number of rotatable bonds is 1. The van der Waals surface area contributed by atoms with Crippen LogP contribution in [0.5, 0.6) is 0 Å². The van der Waals surface area contributed by atoms with E-state index in [4.69, 9.17) is 10.7 Å². The maximum Gasteiger partial charge on any atom is 0.0341 e. The fourth-order valence-corrected chi connectivity index (χ4v) is 2.53. The molecule has 0 radical (unpaired) electrons. The predicted molar refractivity (Wildman–Crippen MR) is 60.4 cm³/mol. The third-order valence-corrected chi connectivity index (χ3v) is 3.31. The standard InChI is InChI=1S/C11H9ClS/c1-8-6-7-9-4-2-3-5-10(9)11(8)13-12/h2-7H,1H3. The molecule has 0 heterocycles. The minimum Gasteiger partial charge on any atom is -0.0616 e. The molecule has 0 saturated heterocycles. The first kappa shape index (κ1) is 8.92. The quantitative estimate of drug-likeness (QED) is 0.670. The van der Waals surface area contributed by atoms with E-state index in [1.54, 1.807) is 0 Å². The van der Waals surface area contributed by atoms with Gasteiger partial charge in [-0.1, -0.05) is 36.4 Å². The van der Waals surface area contributed by atoms with Crippen LogP contribution in [0.3, 0.4) is 0 Å². The van der Waals surface area contributed by atoms with Crippen molar-refractivity contribution in [3.05, 3.63) is 42.0 Å². The van der Waals surface area contributed by atoms with Gasteiger partial charge >= 0.3 is 0 Å². The molecule has 0 aliphatic carbocycles. The topological polar surface area (TPSA) is 0 Å². The van der Waals surface area contributed by atoms with Gasteiger partial charge in [-0.15, -0.1) is 0 Å². The average Bonchev–Trinajstić information content (AvgIpc) is 2.18. The van der Waals surface area contributed by atoms with Gasteiger partial charge in [-0.05, 0) is 44.9 Å². The molecule has 0 saturated carbocycles. The highest BCUT2D eigenvalue weighted by Crippen LogP contribution is 2.33. The second-order valence-electron chi connectivity index (χ2n) is 3.01. The van der Waals surface area contributed by atoms with Gasteiger partial charge in [0.15, 0.2) is 0 Å². The summed E-state index contributed by atoms with van der Waals surface area (Å²) in [4.78, 5) is 1.17. The predicted octanol–water partition coefficient (Wildman–Crippen LogP) is 4.39. The number of hydrogen-bond donors (Lipinski definition) is 0. The Morgan fingerprint density at radius 2 is 1.85 bits per heavy atom. The lowest BCUT2D eigenvalue weighted by molar-refractivity contribution is 1.36. The first-order valence-electron chi connectivity index (χ1n) is 4.10. The van der Waals surface area contributed by atoms with Crippen LogP contribution in [0.25, 0.3) is 10.8 Å². The Morgan fingerprint density at radius 3 is 2.62 bits per heavy atom. The first-order chi connectivity index (χ1) is 6.33. The van der Waals surface area contributed by atoms with E-state index < -0.39 is 0 Å². The van der Waals surface area contributed by atoms with Crippen LogP contribution in [0.4, 0.5) is 0 Å². The summed E-state index contributed by atoms with van der Waals surface area (Å²) in [5, 5.41) is 2.48. The van der Waals surface area contributed by atoms with E-state index in [0.29, 0.717) is 0 Å². The maximum absolute atomic E-state index is 5.83. The molecule has 0 fully saturated rings. The largest absolute Gasteiger partial charge is 0.0616 e. The van der Waals surface area contributed by atoms with Gasteiger partial charge in [0.2, 0.25) is 0 Å². The minimum atomic E-state index is 1.17. The Bertz CT molecular complexity index is 437. The van der Waals surface area contributed by atoms with Crippen LogP contribution in [0.1, 0.15) is 5.56 Å². The van der Waals surface area contributed by atoms with Gasteiger partial charge < -0.3 is 0 Å². The second kappa shape index (κ2) is 3.60. The summed E-state index contributed by atoms with van der Waals surface area (Å²) in [5.74, 6) is 0. The molecule has 0 nitrogen and oxygen atoms in total. The Labute approximate surface area is 86.4 Å². The fourth-order valence-electron chi connectivity index (χ4n) is 1.45. The van der Waals surface area contributed by atoms with Crippen molar-refractivity contribution in [2.75, 3.05) is 0 Å². The molecule has 2 heteroatoms. The van der Waals surface area contributed by atoms with Gasteiger partial charge in [-0.3, -0.25) is 0 Å². The summed E-state index contributed by atoms with van der Waals surface area (Å²) in [6.45, 7) is 2.08. The van der Waals surface area contributed by atoms with Crippen molar-refractivity contribution < 1.29 is 0 Å². The zero-order valence-corrected chi connectivity index (χ0v) is 8.82. The monoisotopic (exact) mass is 208 g/mol. The molecule has 2 rings (SSSR count). The van der Waals surface area contributed by atoms with Crippen LogP contribution in [-0.4, -0.2) is 0 Å². The summed E-state index contributed by atoms with van der Waals surface area (Å²) >= 11 is 0. The van der Waals surface area contributed by atoms with Crippen molar-refractivity contribution >= 4 is 32.4 Å². The van der Waals surface area contributed by atoms with Crippen molar-refractivity contribution in [2.24, 2.45) is 0 Å². The molecule has 0 bridgehead atoms. The van der Waals surface area contributed by atoms with E-state index in [0.717, 1.165) is 0 Å². The zero-order valence-electron chi connectivity index (χ0n) is 7.25. The summed E-state index contributed by atoms with van der Waals surface area (Å²) < 4.78 is 0. The normalized spacial score (nSPS) is 10.6. The van der Waals surface area contributed by atoms with Crippen molar-refractivity contribution in [2.45, 2.75) is 11.8 Å². The Morgan fingerprint density at radius 1 is 1.08 bits per heavy atom. The number of benzene rings is 2. The lowest BCUT2D eigenvalue weighted by atomic mass is 10.1. The van der Waals surface area contributed by atoms with E-state index in [9.17, 15) is 0 Å².